The van der Waals surface area contributed by atoms with Crippen molar-refractivity contribution in [1.29, 1.82) is 0 Å². The molecule has 3 aromatic rings. The molecular formula is C22H21N3O3. The first-order chi connectivity index (χ1) is 13.5. The lowest BCUT2D eigenvalue weighted by Crippen LogP contribution is -2.13. The van der Waals surface area contributed by atoms with Crippen molar-refractivity contribution in [3.63, 3.8) is 0 Å². The second-order valence-electron chi connectivity index (χ2n) is 6.42. The van der Waals surface area contributed by atoms with Crippen molar-refractivity contribution in [2.45, 2.75) is 13.8 Å². The number of ether oxygens (including phenoxy) is 1. The summed E-state index contributed by atoms with van der Waals surface area (Å²) < 4.78 is 4.80. The molecule has 0 fully saturated rings. The number of hydrogen-bond acceptors (Lipinski definition) is 5. The van der Waals surface area contributed by atoms with Crippen LogP contribution in [0.2, 0.25) is 0 Å². The van der Waals surface area contributed by atoms with Crippen LogP contribution in [0.4, 0.5) is 17.2 Å². The zero-order chi connectivity index (χ0) is 20.1. The molecule has 6 nitrogen and oxygen atoms in total. The predicted octanol–water partition coefficient (Wildman–Crippen LogP) is 4.48. The Balaban J connectivity index is 1.81. The first-order valence-corrected chi connectivity index (χ1v) is 8.76. The van der Waals surface area contributed by atoms with Crippen LogP contribution in [0.15, 0.2) is 60.8 Å². The molecule has 0 radical (unpaired) electrons. The highest BCUT2D eigenvalue weighted by Gasteiger charge is 2.13. The Morgan fingerprint density at radius 3 is 2.39 bits per heavy atom. The number of rotatable bonds is 5. The smallest absolute Gasteiger partial charge is 0.339 e. The summed E-state index contributed by atoms with van der Waals surface area (Å²) in [6.07, 6.45) is 1.54. The Hall–Kier alpha value is -3.67. The van der Waals surface area contributed by atoms with Crippen LogP contribution in [0.5, 0.6) is 0 Å². The molecule has 2 aromatic carbocycles. The summed E-state index contributed by atoms with van der Waals surface area (Å²) in [5.41, 5.74) is 4.28. The van der Waals surface area contributed by atoms with Gasteiger partial charge in [0.25, 0.3) is 5.91 Å². The quantitative estimate of drug-likeness (QED) is 0.643. The van der Waals surface area contributed by atoms with Crippen LogP contribution in [-0.2, 0) is 4.74 Å². The highest BCUT2D eigenvalue weighted by Crippen LogP contribution is 2.21. The summed E-state index contributed by atoms with van der Waals surface area (Å²) in [6.45, 7) is 3.96. The van der Waals surface area contributed by atoms with E-state index in [4.69, 9.17) is 4.74 Å². The van der Waals surface area contributed by atoms with Gasteiger partial charge in [0.15, 0.2) is 0 Å². The van der Waals surface area contributed by atoms with Crippen LogP contribution in [0.1, 0.15) is 31.8 Å². The molecule has 0 bridgehead atoms. The van der Waals surface area contributed by atoms with Gasteiger partial charge in [0.2, 0.25) is 0 Å². The maximum absolute atomic E-state index is 12.6. The predicted molar refractivity (Wildman–Crippen MR) is 109 cm³/mol. The molecule has 1 amide bonds. The van der Waals surface area contributed by atoms with Gasteiger partial charge in [0.05, 0.1) is 18.4 Å². The van der Waals surface area contributed by atoms with E-state index in [1.807, 2.05) is 32.0 Å². The molecule has 1 aromatic heterocycles. The number of hydrogen-bond donors (Lipinski definition) is 2. The van der Waals surface area contributed by atoms with Gasteiger partial charge < -0.3 is 15.4 Å². The number of carbonyl (C=O) groups excluding carboxylic acids is 2. The molecule has 142 valence electrons. The Labute approximate surface area is 163 Å². The molecule has 0 unspecified atom stereocenters. The number of anilines is 3. The Bertz CT molecular complexity index is 1010. The number of para-hydroxylation sites is 1. The minimum absolute atomic E-state index is 0.239. The lowest BCUT2D eigenvalue weighted by molar-refractivity contribution is 0.0601. The average molecular weight is 375 g/mol. The number of aromatic nitrogens is 1. The van der Waals surface area contributed by atoms with Crippen LogP contribution in [0.3, 0.4) is 0 Å². The molecule has 6 heteroatoms. The maximum Gasteiger partial charge on any atom is 0.339 e. The minimum Gasteiger partial charge on any atom is -0.465 e. The minimum atomic E-state index is -0.452. The average Bonchev–Trinajstić information content (AvgIpc) is 2.67. The Morgan fingerprint density at radius 1 is 0.964 bits per heavy atom. The summed E-state index contributed by atoms with van der Waals surface area (Å²) >= 11 is 0. The fourth-order valence-electron chi connectivity index (χ4n) is 2.91. The Morgan fingerprint density at radius 2 is 1.68 bits per heavy atom. The van der Waals surface area contributed by atoms with Gasteiger partial charge in [-0.1, -0.05) is 18.2 Å². The lowest BCUT2D eigenvalue weighted by Gasteiger charge is -2.11. The van der Waals surface area contributed by atoms with Gasteiger partial charge in [0.1, 0.15) is 5.82 Å². The van der Waals surface area contributed by atoms with Crippen molar-refractivity contribution in [2.75, 3.05) is 17.7 Å². The lowest BCUT2D eigenvalue weighted by atomic mass is 10.1. The molecule has 3 rings (SSSR count). The number of nitrogens with one attached hydrogen (secondary N) is 2. The second-order valence-corrected chi connectivity index (χ2v) is 6.42. The number of benzene rings is 2. The van der Waals surface area contributed by atoms with E-state index in [0.29, 0.717) is 22.6 Å². The molecule has 0 aliphatic carbocycles. The molecule has 0 aliphatic rings. The van der Waals surface area contributed by atoms with E-state index in [2.05, 4.69) is 15.6 Å². The van der Waals surface area contributed by atoms with Crippen LogP contribution in [-0.4, -0.2) is 24.0 Å². The van der Waals surface area contributed by atoms with Crippen molar-refractivity contribution in [3.8, 4) is 0 Å². The van der Waals surface area contributed by atoms with Crippen molar-refractivity contribution in [2.24, 2.45) is 0 Å². The standard InChI is InChI=1S/C22H21N3O3/c1-14-10-15(2)12-17(11-14)24-21(26)16-8-9-23-20(13-16)25-19-7-5-4-6-18(19)22(27)28-3/h4-13H,1-3H3,(H,23,25)(H,24,26). The number of carbonyl (C=O) groups is 2. The highest BCUT2D eigenvalue weighted by molar-refractivity contribution is 6.05. The maximum atomic E-state index is 12.6. The summed E-state index contributed by atoms with van der Waals surface area (Å²) in [4.78, 5) is 28.8. The summed E-state index contributed by atoms with van der Waals surface area (Å²) in [6, 6.07) is 16.1. The first kappa shape index (κ1) is 19.1. The fourth-order valence-corrected chi connectivity index (χ4v) is 2.91. The second kappa shape index (κ2) is 8.35. The van der Waals surface area contributed by atoms with Gasteiger partial charge in [-0.3, -0.25) is 4.79 Å². The van der Waals surface area contributed by atoms with Crippen LogP contribution in [0, 0.1) is 13.8 Å². The number of esters is 1. The van der Waals surface area contributed by atoms with Crippen molar-refractivity contribution in [3.05, 3.63) is 83.0 Å². The summed E-state index contributed by atoms with van der Waals surface area (Å²) in [5, 5.41) is 5.97. The third-order valence-corrected chi connectivity index (χ3v) is 4.10. The van der Waals surface area contributed by atoms with Crippen LogP contribution >= 0.6 is 0 Å². The van der Waals surface area contributed by atoms with E-state index in [0.717, 1.165) is 16.8 Å². The summed E-state index contributed by atoms with van der Waals surface area (Å²) in [7, 11) is 1.33. The van der Waals surface area contributed by atoms with Gasteiger partial charge in [0, 0.05) is 17.4 Å². The number of methoxy groups -OCH3 is 1. The van der Waals surface area contributed by atoms with E-state index < -0.39 is 5.97 Å². The number of aryl methyl sites for hydroxylation is 2. The van der Waals surface area contributed by atoms with Crippen molar-refractivity contribution >= 4 is 29.1 Å². The molecule has 0 saturated carbocycles. The van der Waals surface area contributed by atoms with E-state index in [1.165, 1.54) is 7.11 Å². The third kappa shape index (κ3) is 4.54. The van der Waals surface area contributed by atoms with E-state index in [9.17, 15) is 9.59 Å². The normalized spacial score (nSPS) is 10.2. The highest BCUT2D eigenvalue weighted by atomic mass is 16.5. The van der Waals surface area contributed by atoms with Gasteiger partial charge in [-0.2, -0.15) is 0 Å². The molecule has 0 atom stereocenters. The number of pyridine rings is 1. The number of nitrogens with zero attached hydrogens (tertiary/aromatic N) is 1. The fraction of sp³-hybridized carbons (Fsp3) is 0.136. The van der Waals surface area contributed by atoms with Crippen molar-refractivity contribution < 1.29 is 14.3 Å². The largest absolute Gasteiger partial charge is 0.465 e. The van der Waals surface area contributed by atoms with Crippen LogP contribution < -0.4 is 10.6 Å². The van der Waals surface area contributed by atoms with Gasteiger partial charge >= 0.3 is 5.97 Å². The van der Waals surface area contributed by atoms with Crippen LogP contribution in [0.25, 0.3) is 0 Å². The SMILES string of the molecule is COC(=O)c1ccccc1Nc1cc(C(=O)Nc2cc(C)cc(C)c2)ccn1. The van der Waals surface area contributed by atoms with Crippen molar-refractivity contribution in [1.82, 2.24) is 4.98 Å². The molecule has 2 N–H and O–H groups in total. The molecule has 1 heterocycles. The monoisotopic (exact) mass is 375 g/mol. The van der Waals surface area contributed by atoms with E-state index >= 15 is 0 Å². The first-order valence-electron chi connectivity index (χ1n) is 8.76. The van der Waals surface area contributed by atoms with E-state index in [-0.39, 0.29) is 5.91 Å². The van der Waals surface area contributed by atoms with Gasteiger partial charge in [-0.05, 0) is 61.4 Å². The third-order valence-electron chi connectivity index (χ3n) is 4.10. The summed E-state index contributed by atoms with van der Waals surface area (Å²) in [5.74, 6) is -0.243. The van der Waals surface area contributed by atoms with Gasteiger partial charge in [-0.25, -0.2) is 9.78 Å². The van der Waals surface area contributed by atoms with E-state index in [1.54, 1.807) is 42.6 Å². The molecule has 0 saturated heterocycles. The Kier molecular flexibility index (Phi) is 5.69. The molecule has 0 aliphatic heterocycles. The topological polar surface area (TPSA) is 80.3 Å². The zero-order valence-electron chi connectivity index (χ0n) is 15.9. The molecule has 28 heavy (non-hydrogen) atoms. The number of amides is 1. The van der Waals surface area contributed by atoms with Gasteiger partial charge in [-0.15, -0.1) is 0 Å². The zero-order valence-corrected chi connectivity index (χ0v) is 15.9. The molecule has 0 spiro atoms. The molecular weight excluding hydrogens is 354 g/mol.